The van der Waals surface area contributed by atoms with Gasteiger partial charge in [-0.1, -0.05) is 29.8 Å². The van der Waals surface area contributed by atoms with Crippen LogP contribution in [0, 0.1) is 0 Å². The maximum absolute atomic E-state index is 3.45. The molecule has 0 radical (unpaired) electrons. The molecule has 0 spiro atoms. The van der Waals surface area contributed by atoms with E-state index in [4.69, 9.17) is 0 Å². The molecule has 0 amide bonds. The van der Waals surface area contributed by atoms with E-state index >= 15 is 0 Å². The van der Waals surface area contributed by atoms with Crippen molar-refractivity contribution in [1.29, 1.82) is 0 Å². The fraction of sp³-hybridized carbons (Fsp3) is 0.667. The van der Waals surface area contributed by atoms with Crippen molar-refractivity contribution in [2.45, 2.75) is 25.0 Å². The molecule has 2 heteroatoms. The average Bonchev–Trinajstić information content (AvgIpc) is 1.82. The van der Waals surface area contributed by atoms with E-state index in [2.05, 4.69) is 35.2 Å². The Morgan fingerprint density at radius 3 is 2.50 bits per heavy atom. The van der Waals surface area contributed by atoms with Gasteiger partial charge in [0.25, 0.3) is 0 Å². The van der Waals surface area contributed by atoms with Crippen molar-refractivity contribution >= 4 is 27.7 Å². The summed E-state index contributed by atoms with van der Waals surface area (Å²) in [4.78, 5) is 0. The molecule has 0 fully saturated rings. The van der Waals surface area contributed by atoms with Crippen molar-refractivity contribution in [1.82, 2.24) is 0 Å². The lowest BCUT2D eigenvalue weighted by molar-refractivity contribution is 0.736. The van der Waals surface area contributed by atoms with Gasteiger partial charge in [0.2, 0.25) is 0 Å². The van der Waals surface area contributed by atoms with Gasteiger partial charge in [0.1, 0.15) is 0 Å². The third-order valence-corrected chi connectivity index (χ3v) is 3.10. The number of hydrogen-bond donors (Lipinski definition) is 0. The molecular formula is C6H9BrS. The molecule has 0 aromatic carbocycles. The highest BCUT2D eigenvalue weighted by molar-refractivity contribution is 9.11. The first-order valence-electron chi connectivity index (χ1n) is 2.62. The molecule has 0 atom stereocenters. The van der Waals surface area contributed by atoms with Crippen LogP contribution in [0.4, 0.5) is 0 Å². The minimum Gasteiger partial charge on any atom is -0.127 e. The molecule has 46 valence electrons. The molecule has 0 aromatic rings. The Kier molecular flexibility index (Phi) is 1.73. The van der Waals surface area contributed by atoms with E-state index < -0.39 is 0 Å². The third-order valence-electron chi connectivity index (χ3n) is 1.10. The SMILES string of the molecule is CC1(C)CC(Br)=CS1. The van der Waals surface area contributed by atoms with Crippen molar-refractivity contribution in [2.24, 2.45) is 0 Å². The van der Waals surface area contributed by atoms with Crippen LogP contribution in [0.5, 0.6) is 0 Å². The summed E-state index contributed by atoms with van der Waals surface area (Å²) in [6.45, 7) is 4.50. The summed E-state index contributed by atoms with van der Waals surface area (Å²) in [6, 6.07) is 0. The van der Waals surface area contributed by atoms with Crippen LogP contribution in [-0.2, 0) is 0 Å². The molecule has 1 aliphatic heterocycles. The predicted molar refractivity (Wildman–Crippen MR) is 43.3 cm³/mol. The van der Waals surface area contributed by atoms with Crippen molar-refractivity contribution in [3.05, 3.63) is 9.89 Å². The zero-order chi connectivity index (χ0) is 6.20. The standard InChI is InChI=1S/C6H9BrS/c1-6(2)3-5(7)4-8-6/h4H,3H2,1-2H3. The maximum atomic E-state index is 3.45. The number of thioether (sulfide) groups is 1. The second-order valence-corrected chi connectivity index (χ2v) is 5.21. The monoisotopic (exact) mass is 192 g/mol. The summed E-state index contributed by atoms with van der Waals surface area (Å²) in [7, 11) is 0. The minimum absolute atomic E-state index is 0.443. The normalized spacial score (nSPS) is 25.6. The Labute approximate surface area is 62.9 Å². The molecule has 0 saturated heterocycles. The number of halogens is 1. The Bertz CT molecular complexity index is 126. The highest BCUT2D eigenvalue weighted by Crippen LogP contribution is 2.41. The molecule has 1 rings (SSSR count). The molecule has 0 unspecified atom stereocenters. The van der Waals surface area contributed by atoms with E-state index in [9.17, 15) is 0 Å². The molecule has 1 aliphatic rings. The summed E-state index contributed by atoms with van der Waals surface area (Å²) in [5.41, 5.74) is 0. The molecule has 0 nitrogen and oxygen atoms in total. The summed E-state index contributed by atoms with van der Waals surface area (Å²) in [5, 5.41) is 2.18. The highest BCUT2D eigenvalue weighted by atomic mass is 79.9. The molecule has 0 bridgehead atoms. The largest absolute Gasteiger partial charge is 0.127 e. The molecule has 8 heavy (non-hydrogen) atoms. The van der Waals surface area contributed by atoms with Gasteiger partial charge in [0.15, 0.2) is 0 Å². The van der Waals surface area contributed by atoms with Crippen LogP contribution in [0.25, 0.3) is 0 Å². The first-order valence-corrected chi connectivity index (χ1v) is 4.30. The summed E-state index contributed by atoms with van der Waals surface area (Å²) in [5.74, 6) is 0. The second kappa shape index (κ2) is 2.07. The predicted octanol–water partition coefficient (Wildman–Crippen LogP) is 3.14. The number of rotatable bonds is 0. The van der Waals surface area contributed by atoms with Crippen LogP contribution < -0.4 is 0 Å². The molecule has 0 N–H and O–H groups in total. The van der Waals surface area contributed by atoms with Crippen LogP contribution in [0.2, 0.25) is 0 Å². The van der Waals surface area contributed by atoms with Crippen molar-refractivity contribution in [3.63, 3.8) is 0 Å². The van der Waals surface area contributed by atoms with Gasteiger partial charge in [-0.05, 0) is 11.8 Å². The van der Waals surface area contributed by atoms with Gasteiger partial charge in [-0.15, -0.1) is 11.8 Å². The van der Waals surface area contributed by atoms with Crippen LogP contribution in [0.15, 0.2) is 9.89 Å². The highest BCUT2D eigenvalue weighted by Gasteiger charge is 2.23. The van der Waals surface area contributed by atoms with Gasteiger partial charge in [-0.2, -0.15) is 0 Å². The molecule has 0 aliphatic carbocycles. The van der Waals surface area contributed by atoms with Gasteiger partial charge >= 0.3 is 0 Å². The van der Waals surface area contributed by atoms with Crippen LogP contribution in [0.1, 0.15) is 20.3 Å². The molecular weight excluding hydrogens is 184 g/mol. The molecule has 0 saturated carbocycles. The third kappa shape index (κ3) is 1.52. The smallest absolute Gasteiger partial charge is 0.0190 e. The lowest BCUT2D eigenvalue weighted by Crippen LogP contribution is -2.08. The lowest BCUT2D eigenvalue weighted by Gasteiger charge is -2.13. The number of allylic oxidation sites excluding steroid dienone is 1. The van der Waals surface area contributed by atoms with Gasteiger partial charge in [-0.25, -0.2) is 0 Å². The Morgan fingerprint density at radius 1 is 1.75 bits per heavy atom. The Hall–Kier alpha value is 0.570. The second-order valence-electron chi connectivity index (χ2n) is 2.62. The fourth-order valence-electron chi connectivity index (χ4n) is 0.713. The van der Waals surface area contributed by atoms with Crippen molar-refractivity contribution < 1.29 is 0 Å². The summed E-state index contributed by atoms with van der Waals surface area (Å²) < 4.78 is 1.78. The zero-order valence-corrected chi connectivity index (χ0v) is 7.47. The van der Waals surface area contributed by atoms with Crippen molar-refractivity contribution in [2.75, 3.05) is 0 Å². The Balaban J connectivity index is 2.55. The van der Waals surface area contributed by atoms with E-state index in [1.165, 1.54) is 10.9 Å². The summed E-state index contributed by atoms with van der Waals surface area (Å²) in [6.07, 6.45) is 1.18. The quantitative estimate of drug-likeness (QED) is 0.569. The van der Waals surface area contributed by atoms with Gasteiger partial charge in [0, 0.05) is 9.23 Å². The Morgan fingerprint density at radius 2 is 2.38 bits per heavy atom. The van der Waals surface area contributed by atoms with Crippen LogP contribution in [0.3, 0.4) is 0 Å². The first kappa shape index (κ1) is 6.69. The maximum Gasteiger partial charge on any atom is 0.0190 e. The van der Waals surface area contributed by atoms with Crippen molar-refractivity contribution in [3.8, 4) is 0 Å². The fourth-order valence-corrected chi connectivity index (χ4v) is 2.65. The van der Waals surface area contributed by atoms with E-state index in [-0.39, 0.29) is 0 Å². The van der Waals surface area contributed by atoms with E-state index in [0.717, 1.165) is 0 Å². The average molecular weight is 193 g/mol. The molecule has 1 heterocycles. The topological polar surface area (TPSA) is 0 Å². The minimum atomic E-state index is 0.443. The van der Waals surface area contributed by atoms with Gasteiger partial charge in [0.05, 0.1) is 0 Å². The number of hydrogen-bond acceptors (Lipinski definition) is 1. The van der Waals surface area contributed by atoms with Gasteiger partial charge < -0.3 is 0 Å². The van der Waals surface area contributed by atoms with E-state index in [1.54, 1.807) is 0 Å². The molecule has 0 aromatic heterocycles. The van der Waals surface area contributed by atoms with Gasteiger partial charge in [-0.3, -0.25) is 0 Å². The summed E-state index contributed by atoms with van der Waals surface area (Å²) >= 11 is 5.35. The lowest BCUT2D eigenvalue weighted by atomic mass is 10.1. The van der Waals surface area contributed by atoms with Crippen LogP contribution in [-0.4, -0.2) is 4.75 Å². The zero-order valence-electron chi connectivity index (χ0n) is 5.07. The van der Waals surface area contributed by atoms with E-state index in [0.29, 0.717) is 4.75 Å². The first-order chi connectivity index (χ1) is 3.60. The van der Waals surface area contributed by atoms with Crippen LogP contribution >= 0.6 is 27.7 Å². The van der Waals surface area contributed by atoms with E-state index in [1.807, 2.05) is 11.8 Å².